The van der Waals surface area contributed by atoms with Crippen LogP contribution in [0.5, 0.6) is 5.75 Å². The SMILES string of the molecule is O=c1c2c(nc3n1CCCCC3)sc1c(OC[C@H](O)CN3CCCCC3)c(Br)ccc12. The topological polar surface area (TPSA) is 67.6 Å². The molecule has 1 aromatic carbocycles. The summed E-state index contributed by atoms with van der Waals surface area (Å²) in [7, 11) is 0. The van der Waals surface area contributed by atoms with Crippen LogP contribution in [-0.4, -0.2) is 51.9 Å². The van der Waals surface area contributed by atoms with E-state index in [2.05, 4.69) is 20.8 Å². The van der Waals surface area contributed by atoms with Crippen molar-refractivity contribution in [2.24, 2.45) is 0 Å². The number of thiophene rings is 1. The van der Waals surface area contributed by atoms with Gasteiger partial charge in [0, 0.05) is 24.9 Å². The zero-order valence-corrected chi connectivity index (χ0v) is 20.0. The number of nitrogens with zero attached hydrogens (tertiary/aromatic N) is 3. The summed E-state index contributed by atoms with van der Waals surface area (Å²) in [5.41, 5.74) is 0.0616. The molecule has 0 amide bonds. The molecule has 5 rings (SSSR count). The largest absolute Gasteiger partial charge is 0.488 e. The van der Waals surface area contributed by atoms with Gasteiger partial charge in [-0.2, -0.15) is 0 Å². The number of aliphatic hydroxyl groups excluding tert-OH is 1. The van der Waals surface area contributed by atoms with E-state index in [1.165, 1.54) is 30.6 Å². The Morgan fingerprint density at radius 3 is 2.74 bits per heavy atom. The normalized spacial score (nSPS) is 18.8. The standard InChI is InChI=1S/C23H28BrN3O3S/c24-17-9-8-16-19-22(25-18-7-3-1-6-12-27(18)23(19)29)31-21(16)20(17)30-14-15(28)13-26-10-4-2-5-11-26/h8-9,15,28H,1-7,10-14H2/t15-/m1/s1. The van der Waals surface area contributed by atoms with E-state index in [0.29, 0.717) is 17.7 Å². The molecule has 1 saturated heterocycles. The van der Waals surface area contributed by atoms with Crippen LogP contribution < -0.4 is 10.3 Å². The van der Waals surface area contributed by atoms with Gasteiger partial charge >= 0.3 is 0 Å². The van der Waals surface area contributed by atoms with Crippen LogP contribution in [0.3, 0.4) is 0 Å². The predicted octanol–water partition coefficient (Wildman–Crippen LogP) is 4.33. The molecular weight excluding hydrogens is 478 g/mol. The minimum atomic E-state index is -0.547. The second-order valence-electron chi connectivity index (χ2n) is 8.66. The number of hydrogen-bond donors (Lipinski definition) is 1. The molecule has 2 aliphatic rings. The van der Waals surface area contributed by atoms with Crippen LogP contribution in [0.2, 0.25) is 0 Å². The van der Waals surface area contributed by atoms with Gasteiger partial charge in [-0.3, -0.25) is 9.36 Å². The lowest BCUT2D eigenvalue weighted by Crippen LogP contribution is -2.38. The smallest absolute Gasteiger partial charge is 0.262 e. The molecule has 31 heavy (non-hydrogen) atoms. The fourth-order valence-corrected chi connectivity index (χ4v) is 6.53. The molecule has 1 N–H and O–H groups in total. The van der Waals surface area contributed by atoms with Gasteiger partial charge in [0.1, 0.15) is 23.4 Å². The highest BCUT2D eigenvalue weighted by Crippen LogP contribution is 2.41. The Labute approximate surface area is 194 Å². The van der Waals surface area contributed by atoms with Gasteiger partial charge in [-0.25, -0.2) is 4.98 Å². The van der Waals surface area contributed by atoms with Crippen LogP contribution in [0.1, 0.15) is 44.3 Å². The van der Waals surface area contributed by atoms with E-state index in [1.54, 1.807) is 0 Å². The Kier molecular flexibility index (Phi) is 6.32. The number of likely N-dealkylation sites (tertiary alicyclic amines) is 1. The van der Waals surface area contributed by atoms with Gasteiger partial charge in [0.15, 0.2) is 5.75 Å². The molecule has 2 aromatic heterocycles. The molecule has 0 bridgehead atoms. The number of aliphatic hydroxyl groups is 1. The fourth-order valence-electron chi connectivity index (χ4n) is 4.77. The van der Waals surface area contributed by atoms with E-state index in [1.807, 2.05) is 16.7 Å². The molecule has 0 aliphatic carbocycles. The summed E-state index contributed by atoms with van der Waals surface area (Å²) in [6, 6.07) is 3.90. The first-order valence-corrected chi connectivity index (χ1v) is 12.9. The number of ether oxygens (including phenoxy) is 1. The van der Waals surface area contributed by atoms with E-state index in [4.69, 9.17) is 9.72 Å². The monoisotopic (exact) mass is 505 g/mol. The second kappa shape index (κ2) is 9.17. The average molecular weight is 506 g/mol. The van der Waals surface area contributed by atoms with Crippen LogP contribution in [0.4, 0.5) is 0 Å². The van der Waals surface area contributed by atoms with Crippen molar-refractivity contribution < 1.29 is 9.84 Å². The van der Waals surface area contributed by atoms with Gasteiger partial charge in [-0.1, -0.05) is 18.9 Å². The number of aryl methyl sites for hydroxylation is 1. The second-order valence-corrected chi connectivity index (χ2v) is 10.5. The van der Waals surface area contributed by atoms with E-state index in [-0.39, 0.29) is 12.2 Å². The molecule has 0 spiro atoms. The number of piperidine rings is 1. The maximum Gasteiger partial charge on any atom is 0.262 e. The quantitative estimate of drug-likeness (QED) is 0.558. The van der Waals surface area contributed by atoms with Crippen LogP contribution in [-0.2, 0) is 13.0 Å². The number of benzene rings is 1. The lowest BCUT2D eigenvalue weighted by Gasteiger charge is -2.28. The van der Waals surface area contributed by atoms with E-state index in [0.717, 1.165) is 70.5 Å². The first kappa shape index (κ1) is 21.4. The van der Waals surface area contributed by atoms with Gasteiger partial charge in [-0.15, -0.1) is 11.3 Å². The third-order valence-electron chi connectivity index (χ3n) is 6.37. The van der Waals surface area contributed by atoms with Crippen LogP contribution in [0.15, 0.2) is 21.4 Å². The third-order valence-corrected chi connectivity index (χ3v) is 8.09. The summed E-state index contributed by atoms with van der Waals surface area (Å²) in [6.07, 6.45) is 7.24. The van der Waals surface area contributed by atoms with Crippen molar-refractivity contribution in [1.82, 2.24) is 14.5 Å². The van der Waals surface area contributed by atoms with Gasteiger partial charge in [-0.05, 0) is 60.8 Å². The van der Waals surface area contributed by atoms with Crippen LogP contribution in [0, 0.1) is 0 Å². The number of hydrogen-bond acceptors (Lipinski definition) is 6. The Hall–Kier alpha value is -1.48. The molecule has 1 fully saturated rings. The minimum absolute atomic E-state index is 0.0616. The van der Waals surface area contributed by atoms with Crippen molar-refractivity contribution in [3.63, 3.8) is 0 Å². The molecule has 166 valence electrons. The summed E-state index contributed by atoms with van der Waals surface area (Å²) in [5, 5.41) is 12.1. The number of fused-ring (bicyclic) bond motifs is 4. The average Bonchev–Trinajstić information content (AvgIpc) is 2.96. The van der Waals surface area contributed by atoms with Crippen LogP contribution >= 0.6 is 27.3 Å². The van der Waals surface area contributed by atoms with Gasteiger partial charge in [0.25, 0.3) is 5.56 Å². The number of aromatic nitrogens is 2. The van der Waals surface area contributed by atoms with Gasteiger partial charge in [0.2, 0.25) is 0 Å². The summed E-state index contributed by atoms with van der Waals surface area (Å²) >= 11 is 5.12. The molecule has 0 saturated carbocycles. The van der Waals surface area contributed by atoms with E-state index >= 15 is 0 Å². The number of halogens is 1. The number of rotatable bonds is 5. The third kappa shape index (κ3) is 4.27. The van der Waals surface area contributed by atoms with Crippen molar-refractivity contribution in [2.45, 2.75) is 57.6 Å². The highest BCUT2D eigenvalue weighted by atomic mass is 79.9. The summed E-state index contributed by atoms with van der Waals surface area (Å²) < 4.78 is 9.73. The van der Waals surface area contributed by atoms with Gasteiger partial charge in [0.05, 0.1) is 14.6 Å². The first-order chi connectivity index (χ1) is 15.1. The molecule has 3 aromatic rings. The first-order valence-electron chi connectivity index (χ1n) is 11.3. The Bertz CT molecular complexity index is 1150. The molecule has 1 atom stereocenters. The highest BCUT2D eigenvalue weighted by Gasteiger charge is 2.21. The van der Waals surface area contributed by atoms with E-state index in [9.17, 15) is 9.90 Å². The highest BCUT2D eigenvalue weighted by molar-refractivity contribution is 9.10. The Morgan fingerprint density at radius 2 is 1.90 bits per heavy atom. The minimum Gasteiger partial charge on any atom is -0.488 e. The number of β-amino-alcohol motifs (C(OH)–C–C–N with tert-alkyl or cyclic N) is 1. The molecule has 0 unspecified atom stereocenters. The van der Waals surface area contributed by atoms with Crippen molar-refractivity contribution >= 4 is 47.6 Å². The van der Waals surface area contributed by atoms with Crippen LogP contribution in [0.25, 0.3) is 20.3 Å². The summed E-state index contributed by atoms with van der Waals surface area (Å²) in [4.78, 5) is 21.3. The summed E-state index contributed by atoms with van der Waals surface area (Å²) in [6.45, 7) is 3.71. The zero-order chi connectivity index (χ0) is 21.4. The van der Waals surface area contributed by atoms with Crippen molar-refractivity contribution in [1.29, 1.82) is 0 Å². The molecule has 4 heterocycles. The van der Waals surface area contributed by atoms with Crippen molar-refractivity contribution in [3.05, 3.63) is 32.8 Å². The van der Waals surface area contributed by atoms with Crippen molar-refractivity contribution in [2.75, 3.05) is 26.2 Å². The lowest BCUT2D eigenvalue weighted by molar-refractivity contribution is 0.0620. The Morgan fingerprint density at radius 1 is 1.13 bits per heavy atom. The fraction of sp³-hybridized carbons (Fsp3) is 0.565. The maximum absolute atomic E-state index is 13.3. The molecule has 8 heteroatoms. The molecule has 2 aliphatic heterocycles. The maximum atomic E-state index is 13.3. The molecule has 0 radical (unpaired) electrons. The lowest BCUT2D eigenvalue weighted by atomic mass is 10.1. The molecular formula is C23H28BrN3O3S. The zero-order valence-electron chi connectivity index (χ0n) is 17.6. The van der Waals surface area contributed by atoms with E-state index < -0.39 is 6.10 Å². The molecule has 6 nitrogen and oxygen atoms in total. The van der Waals surface area contributed by atoms with Gasteiger partial charge < -0.3 is 14.7 Å². The predicted molar refractivity (Wildman–Crippen MR) is 128 cm³/mol. The van der Waals surface area contributed by atoms with Crippen molar-refractivity contribution in [3.8, 4) is 5.75 Å². The summed E-state index contributed by atoms with van der Waals surface area (Å²) in [5.74, 6) is 1.60. The Balaban J connectivity index is 1.46.